The van der Waals surface area contributed by atoms with Gasteiger partial charge in [-0.3, -0.25) is 4.79 Å². The first-order valence-electron chi connectivity index (χ1n) is 8.44. The molecule has 26 heavy (non-hydrogen) atoms. The molecule has 1 aromatic carbocycles. The minimum atomic E-state index is -3.57. The fourth-order valence-electron chi connectivity index (χ4n) is 3.59. The van der Waals surface area contributed by atoms with Crippen LogP contribution in [-0.2, 0) is 10.0 Å². The number of hydrogen-bond donors (Lipinski definition) is 2. The van der Waals surface area contributed by atoms with Crippen LogP contribution < -0.4 is 10.0 Å². The molecule has 2 aliphatic rings. The van der Waals surface area contributed by atoms with Gasteiger partial charge in [0, 0.05) is 25.9 Å². The van der Waals surface area contributed by atoms with E-state index in [4.69, 9.17) is 0 Å². The number of rotatable bonds is 1. The molecule has 2 aliphatic heterocycles. The Hall–Kier alpha value is -1.97. The zero-order chi connectivity index (χ0) is 18.5. The lowest BCUT2D eigenvalue weighted by Gasteiger charge is -2.45. The van der Waals surface area contributed by atoms with Gasteiger partial charge in [-0.15, -0.1) is 11.3 Å². The number of hydrogen-bond acceptors (Lipinski definition) is 6. The second-order valence-corrected chi connectivity index (χ2v) is 9.60. The number of thiazole rings is 1. The molecule has 1 fully saturated rings. The number of likely N-dealkylation sites (tertiary alicyclic amines) is 1. The van der Waals surface area contributed by atoms with Gasteiger partial charge in [0.15, 0.2) is 0 Å². The van der Waals surface area contributed by atoms with E-state index >= 15 is 0 Å². The third-order valence-corrected chi connectivity index (χ3v) is 7.54. The first-order chi connectivity index (χ1) is 12.3. The normalized spacial score (nSPS) is 20.5. The molecule has 9 heteroatoms. The van der Waals surface area contributed by atoms with E-state index in [2.05, 4.69) is 15.0 Å². The molecule has 1 saturated heterocycles. The fourth-order valence-corrected chi connectivity index (χ4v) is 6.03. The van der Waals surface area contributed by atoms with E-state index in [9.17, 15) is 13.2 Å². The summed E-state index contributed by atoms with van der Waals surface area (Å²) in [6.07, 6.45) is 1.01. The Morgan fingerprint density at radius 3 is 2.58 bits per heavy atom. The SMILES string of the molecule is Cc1nc(C)c(C(=O)N2CCC3(CC2)Nc2ccccc2S(=O)(=O)N3)s1. The zero-order valence-corrected chi connectivity index (χ0v) is 16.2. The molecule has 0 unspecified atom stereocenters. The lowest BCUT2D eigenvalue weighted by atomic mass is 9.97. The Kier molecular flexibility index (Phi) is 4.05. The lowest BCUT2D eigenvalue weighted by molar-refractivity contribution is 0.0680. The standard InChI is InChI=1S/C17H20N4O3S2/c1-11-15(25-12(2)18-11)16(22)21-9-7-17(8-10-21)19-13-5-3-4-6-14(13)26(23,24)20-17/h3-6,19-20H,7-10H2,1-2H3. The predicted molar refractivity (Wildman–Crippen MR) is 99.8 cm³/mol. The van der Waals surface area contributed by atoms with Gasteiger partial charge in [-0.05, 0) is 26.0 Å². The van der Waals surface area contributed by atoms with Crippen molar-refractivity contribution in [3.63, 3.8) is 0 Å². The second kappa shape index (κ2) is 6.04. The van der Waals surface area contributed by atoms with E-state index in [1.807, 2.05) is 19.9 Å². The monoisotopic (exact) mass is 392 g/mol. The molecule has 0 saturated carbocycles. The van der Waals surface area contributed by atoms with Crippen molar-refractivity contribution in [1.82, 2.24) is 14.6 Å². The maximum absolute atomic E-state index is 12.8. The Balaban J connectivity index is 1.54. The summed E-state index contributed by atoms with van der Waals surface area (Å²) in [6.45, 7) is 4.69. The number of para-hydroxylation sites is 1. The number of benzene rings is 1. The van der Waals surface area contributed by atoms with Crippen molar-refractivity contribution in [2.75, 3.05) is 18.4 Å². The molecule has 138 valence electrons. The van der Waals surface area contributed by atoms with E-state index in [0.717, 1.165) is 10.7 Å². The maximum atomic E-state index is 12.8. The second-order valence-electron chi connectivity index (χ2n) is 6.75. The molecule has 2 N–H and O–H groups in total. The van der Waals surface area contributed by atoms with Gasteiger partial charge >= 0.3 is 0 Å². The van der Waals surface area contributed by atoms with Crippen molar-refractivity contribution in [2.45, 2.75) is 37.2 Å². The van der Waals surface area contributed by atoms with E-state index in [0.29, 0.717) is 36.5 Å². The molecule has 1 aromatic heterocycles. The molecule has 0 aliphatic carbocycles. The van der Waals surface area contributed by atoms with Crippen LogP contribution in [0.3, 0.4) is 0 Å². The van der Waals surface area contributed by atoms with Gasteiger partial charge in [0.05, 0.1) is 16.4 Å². The summed E-state index contributed by atoms with van der Waals surface area (Å²) in [4.78, 5) is 19.8. The minimum absolute atomic E-state index is 0.0259. The van der Waals surface area contributed by atoms with Crippen LogP contribution in [-0.4, -0.2) is 43.0 Å². The number of amides is 1. The molecule has 0 bridgehead atoms. The van der Waals surface area contributed by atoms with Crippen molar-refractivity contribution in [2.24, 2.45) is 0 Å². The van der Waals surface area contributed by atoms with Gasteiger partial charge in [-0.1, -0.05) is 12.1 Å². The van der Waals surface area contributed by atoms with E-state index in [-0.39, 0.29) is 10.8 Å². The summed E-state index contributed by atoms with van der Waals surface area (Å²) < 4.78 is 28.0. The number of fused-ring (bicyclic) bond motifs is 1. The number of anilines is 1. The highest BCUT2D eigenvalue weighted by Gasteiger charge is 2.43. The Labute approximate surface area is 156 Å². The average molecular weight is 393 g/mol. The van der Waals surface area contributed by atoms with Crippen molar-refractivity contribution in [3.05, 3.63) is 39.8 Å². The highest BCUT2D eigenvalue weighted by Crippen LogP contribution is 2.35. The number of aryl methyl sites for hydroxylation is 2. The number of aromatic nitrogens is 1. The van der Waals surface area contributed by atoms with Crippen LogP contribution in [0.2, 0.25) is 0 Å². The van der Waals surface area contributed by atoms with Crippen LogP contribution in [0, 0.1) is 13.8 Å². The van der Waals surface area contributed by atoms with Crippen LogP contribution >= 0.6 is 11.3 Å². The van der Waals surface area contributed by atoms with Crippen LogP contribution in [0.1, 0.15) is 33.2 Å². The molecule has 4 rings (SSSR count). The van der Waals surface area contributed by atoms with Gasteiger partial charge < -0.3 is 10.2 Å². The third kappa shape index (κ3) is 2.89. The van der Waals surface area contributed by atoms with Gasteiger partial charge in [0.2, 0.25) is 10.0 Å². The topological polar surface area (TPSA) is 91.4 Å². The van der Waals surface area contributed by atoms with Gasteiger partial charge in [0.1, 0.15) is 15.4 Å². The highest BCUT2D eigenvalue weighted by molar-refractivity contribution is 7.89. The molecular formula is C17H20N4O3S2. The van der Waals surface area contributed by atoms with E-state index in [1.54, 1.807) is 23.1 Å². The highest BCUT2D eigenvalue weighted by atomic mass is 32.2. The van der Waals surface area contributed by atoms with E-state index < -0.39 is 15.7 Å². The number of piperidine rings is 1. The molecule has 7 nitrogen and oxygen atoms in total. The average Bonchev–Trinajstić information content (AvgIpc) is 2.92. The Morgan fingerprint density at radius 1 is 1.23 bits per heavy atom. The number of carbonyl (C=O) groups excluding carboxylic acids is 1. The van der Waals surface area contributed by atoms with Crippen molar-refractivity contribution >= 4 is 33.0 Å². The predicted octanol–water partition coefficient (Wildman–Crippen LogP) is 2.10. The lowest BCUT2D eigenvalue weighted by Crippen LogP contribution is -2.62. The largest absolute Gasteiger partial charge is 0.365 e. The van der Waals surface area contributed by atoms with Crippen LogP contribution in [0.25, 0.3) is 0 Å². The summed E-state index contributed by atoms with van der Waals surface area (Å²) >= 11 is 1.40. The van der Waals surface area contributed by atoms with Gasteiger partial charge in [0.25, 0.3) is 5.91 Å². The number of nitrogens with one attached hydrogen (secondary N) is 2. The molecule has 1 amide bonds. The Morgan fingerprint density at radius 2 is 1.92 bits per heavy atom. The molecule has 2 aromatic rings. The van der Waals surface area contributed by atoms with Crippen molar-refractivity contribution in [1.29, 1.82) is 0 Å². The van der Waals surface area contributed by atoms with Crippen molar-refractivity contribution in [3.8, 4) is 0 Å². The summed E-state index contributed by atoms with van der Waals surface area (Å²) in [5.74, 6) is -0.0259. The number of nitrogens with zero attached hydrogens (tertiary/aromatic N) is 2. The zero-order valence-electron chi connectivity index (χ0n) is 14.6. The maximum Gasteiger partial charge on any atom is 0.265 e. The molecular weight excluding hydrogens is 372 g/mol. The molecule has 0 radical (unpaired) electrons. The summed E-state index contributed by atoms with van der Waals surface area (Å²) in [7, 11) is -3.57. The van der Waals surface area contributed by atoms with Crippen LogP contribution in [0.4, 0.5) is 5.69 Å². The smallest absolute Gasteiger partial charge is 0.265 e. The number of sulfonamides is 1. The van der Waals surface area contributed by atoms with Crippen LogP contribution in [0.5, 0.6) is 0 Å². The third-order valence-electron chi connectivity index (χ3n) is 4.88. The summed E-state index contributed by atoms with van der Waals surface area (Å²) in [5, 5.41) is 4.22. The van der Waals surface area contributed by atoms with Crippen LogP contribution in [0.15, 0.2) is 29.2 Å². The number of carbonyl (C=O) groups is 1. The first kappa shape index (κ1) is 17.4. The minimum Gasteiger partial charge on any atom is -0.365 e. The fraction of sp³-hybridized carbons (Fsp3) is 0.412. The molecule has 0 atom stereocenters. The Bertz CT molecular complexity index is 976. The quantitative estimate of drug-likeness (QED) is 0.775. The summed E-state index contributed by atoms with van der Waals surface area (Å²) in [6, 6.07) is 6.88. The van der Waals surface area contributed by atoms with Crippen molar-refractivity contribution < 1.29 is 13.2 Å². The van der Waals surface area contributed by atoms with Gasteiger partial charge in [-0.25, -0.2) is 13.4 Å². The van der Waals surface area contributed by atoms with E-state index in [1.165, 1.54) is 11.3 Å². The summed E-state index contributed by atoms with van der Waals surface area (Å²) in [5.41, 5.74) is 0.617. The first-order valence-corrected chi connectivity index (χ1v) is 10.7. The molecule has 1 spiro atoms. The molecule has 3 heterocycles. The van der Waals surface area contributed by atoms with Gasteiger partial charge in [-0.2, -0.15) is 4.72 Å².